The molecule has 2 rings (SSSR count). The highest BCUT2D eigenvalue weighted by Gasteiger charge is 2.23. The summed E-state index contributed by atoms with van der Waals surface area (Å²) in [5.41, 5.74) is 3.35. The number of allylic oxidation sites excluding steroid dienone is 1. The number of amides is 1. The first kappa shape index (κ1) is 22.2. The number of methoxy groups -OCH3 is 1. The predicted molar refractivity (Wildman–Crippen MR) is 113 cm³/mol. The fourth-order valence-electron chi connectivity index (χ4n) is 3.59. The lowest BCUT2D eigenvalue weighted by atomic mass is 9.86. The normalized spacial score (nSPS) is 15.5. The third kappa shape index (κ3) is 6.22. The first-order valence-corrected chi connectivity index (χ1v) is 10.4. The van der Waals surface area contributed by atoms with E-state index in [1.165, 1.54) is 31.1 Å². The summed E-state index contributed by atoms with van der Waals surface area (Å²) in [6.07, 6.45) is 7.93. The summed E-state index contributed by atoms with van der Waals surface area (Å²) < 4.78 is 4.86. The summed E-state index contributed by atoms with van der Waals surface area (Å²) in [6.45, 7) is 9.30. The topological polar surface area (TPSA) is 46.6 Å². The number of hydrogen-bond donors (Lipinski definition) is 0. The minimum Gasteiger partial charge on any atom is -0.469 e. The van der Waals surface area contributed by atoms with Crippen molar-refractivity contribution >= 4 is 11.9 Å². The van der Waals surface area contributed by atoms with Crippen molar-refractivity contribution in [3.05, 3.63) is 47.0 Å². The molecule has 0 aromatic heterocycles. The molecule has 4 nitrogen and oxygen atoms in total. The standard InChI is InChI=1S/C24H35NO3/c1-18(23(27)28-5)17-25(16-15-19-9-7-6-8-10-19)22(26)20-11-13-21(14-12-20)24(2,3)4/h9,11-14,18H,6-8,10,15-17H2,1-5H3. The minimum atomic E-state index is -0.344. The molecule has 0 heterocycles. The van der Waals surface area contributed by atoms with Crippen molar-refractivity contribution in [1.29, 1.82) is 0 Å². The van der Waals surface area contributed by atoms with Crippen molar-refractivity contribution in [3.8, 4) is 0 Å². The highest BCUT2D eigenvalue weighted by atomic mass is 16.5. The quantitative estimate of drug-likeness (QED) is 0.483. The Bertz CT molecular complexity index is 698. The average molecular weight is 386 g/mol. The SMILES string of the molecule is COC(=O)C(C)CN(CCC1=CCCCC1)C(=O)c1ccc(C(C)(C)C)cc1. The fourth-order valence-corrected chi connectivity index (χ4v) is 3.59. The molecule has 0 radical (unpaired) electrons. The molecule has 1 aliphatic rings. The minimum absolute atomic E-state index is 0.0207. The number of ether oxygens (including phenoxy) is 1. The maximum atomic E-state index is 13.2. The molecule has 154 valence electrons. The van der Waals surface area contributed by atoms with E-state index in [-0.39, 0.29) is 23.2 Å². The second-order valence-corrected chi connectivity index (χ2v) is 8.86. The molecule has 4 heteroatoms. The summed E-state index contributed by atoms with van der Waals surface area (Å²) in [7, 11) is 1.39. The van der Waals surface area contributed by atoms with Crippen molar-refractivity contribution in [2.45, 2.75) is 65.2 Å². The third-order valence-electron chi connectivity index (χ3n) is 5.47. The van der Waals surface area contributed by atoms with Crippen molar-refractivity contribution in [3.63, 3.8) is 0 Å². The molecule has 1 atom stereocenters. The Morgan fingerprint density at radius 3 is 2.36 bits per heavy atom. The van der Waals surface area contributed by atoms with Gasteiger partial charge in [-0.15, -0.1) is 0 Å². The Hall–Kier alpha value is -2.10. The van der Waals surface area contributed by atoms with E-state index in [1.54, 1.807) is 0 Å². The zero-order chi connectivity index (χ0) is 20.7. The van der Waals surface area contributed by atoms with E-state index in [1.807, 2.05) is 36.1 Å². The second kappa shape index (κ2) is 9.90. The number of esters is 1. The van der Waals surface area contributed by atoms with E-state index in [9.17, 15) is 9.59 Å². The largest absolute Gasteiger partial charge is 0.469 e. The molecule has 1 aliphatic carbocycles. The molecule has 28 heavy (non-hydrogen) atoms. The van der Waals surface area contributed by atoms with Crippen LogP contribution in [0.4, 0.5) is 0 Å². The Kier molecular flexibility index (Phi) is 7.85. The van der Waals surface area contributed by atoms with Crippen LogP contribution < -0.4 is 0 Å². The molecule has 0 fully saturated rings. The summed E-state index contributed by atoms with van der Waals surface area (Å²) in [5, 5.41) is 0. The van der Waals surface area contributed by atoms with Crippen LogP contribution >= 0.6 is 0 Å². The van der Waals surface area contributed by atoms with Crippen LogP contribution in [0.3, 0.4) is 0 Å². The summed E-state index contributed by atoms with van der Waals surface area (Å²) >= 11 is 0. The van der Waals surface area contributed by atoms with Crippen LogP contribution in [0.1, 0.15) is 75.7 Å². The average Bonchev–Trinajstić information content (AvgIpc) is 2.70. The summed E-state index contributed by atoms with van der Waals surface area (Å²) in [5.74, 6) is -0.645. The van der Waals surface area contributed by atoms with Gasteiger partial charge in [-0.05, 0) is 55.2 Å². The Morgan fingerprint density at radius 1 is 1.14 bits per heavy atom. The molecular weight excluding hydrogens is 350 g/mol. The molecule has 1 aromatic rings. The maximum absolute atomic E-state index is 13.2. The van der Waals surface area contributed by atoms with E-state index in [0.29, 0.717) is 18.7 Å². The van der Waals surface area contributed by atoms with Crippen LogP contribution in [0.2, 0.25) is 0 Å². The van der Waals surface area contributed by atoms with Gasteiger partial charge in [-0.3, -0.25) is 9.59 Å². The predicted octanol–water partition coefficient (Wildman–Crippen LogP) is 5.13. The molecule has 1 aromatic carbocycles. The molecule has 1 amide bonds. The van der Waals surface area contributed by atoms with Gasteiger partial charge in [-0.1, -0.05) is 51.5 Å². The first-order chi connectivity index (χ1) is 13.2. The van der Waals surface area contributed by atoms with Crippen LogP contribution in [0.25, 0.3) is 0 Å². The van der Waals surface area contributed by atoms with Crippen molar-refractivity contribution < 1.29 is 14.3 Å². The molecule has 1 unspecified atom stereocenters. The van der Waals surface area contributed by atoms with Gasteiger partial charge < -0.3 is 9.64 Å². The van der Waals surface area contributed by atoms with Crippen LogP contribution in [0, 0.1) is 5.92 Å². The van der Waals surface area contributed by atoms with Crippen LogP contribution in [-0.2, 0) is 14.9 Å². The summed E-state index contributed by atoms with van der Waals surface area (Å²) in [4.78, 5) is 26.9. The number of nitrogens with zero attached hydrogens (tertiary/aromatic N) is 1. The molecule has 0 spiro atoms. The molecule has 0 bridgehead atoms. The van der Waals surface area contributed by atoms with Crippen molar-refractivity contribution in [2.75, 3.05) is 20.2 Å². The van der Waals surface area contributed by atoms with E-state index in [4.69, 9.17) is 4.74 Å². The first-order valence-electron chi connectivity index (χ1n) is 10.4. The number of carbonyl (C=O) groups is 2. The van der Waals surface area contributed by atoms with Crippen LogP contribution in [0.5, 0.6) is 0 Å². The molecule has 0 saturated carbocycles. The van der Waals surface area contributed by atoms with Crippen LogP contribution in [0.15, 0.2) is 35.9 Å². The Labute approximate surface area is 170 Å². The lowest BCUT2D eigenvalue weighted by molar-refractivity contribution is -0.145. The molecular formula is C24H35NO3. The monoisotopic (exact) mass is 385 g/mol. The maximum Gasteiger partial charge on any atom is 0.310 e. The molecule has 0 saturated heterocycles. The van der Waals surface area contributed by atoms with E-state index in [0.717, 1.165) is 19.3 Å². The number of benzene rings is 1. The molecule has 0 aliphatic heterocycles. The van der Waals surface area contributed by atoms with E-state index >= 15 is 0 Å². The lowest BCUT2D eigenvalue weighted by Gasteiger charge is -2.27. The fraction of sp³-hybridized carbons (Fsp3) is 0.583. The highest BCUT2D eigenvalue weighted by molar-refractivity contribution is 5.94. The Balaban J connectivity index is 2.14. The van der Waals surface area contributed by atoms with Gasteiger partial charge in [0, 0.05) is 18.7 Å². The van der Waals surface area contributed by atoms with Gasteiger partial charge in [0.2, 0.25) is 0 Å². The number of rotatable bonds is 7. The van der Waals surface area contributed by atoms with Gasteiger partial charge in [-0.2, -0.15) is 0 Å². The van der Waals surface area contributed by atoms with Gasteiger partial charge in [0.1, 0.15) is 0 Å². The second-order valence-electron chi connectivity index (χ2n) is 8.86. The van der Waals surface area contributed by atoms with E-state index < -0.39 is 0 Å². The van der Waals surface area contributed by atoms with Crippen molar-refractivity contribution in [1.82, 2.24) is 4.90 Å². The summed E-state index contributed by atoms with van der Waals surface area (Å²) in [6, 6.07) is 7.86. The van der Waals surface area contributed by atoms with Gasteiger partial charge in [0.25, 0.3) is 5.91 Å². The van der Waals surface area contributed by atoms with E-state index in [2.05, 4.69) is 26.8 Å². The number of carbonyl (C=O) groups excluding carboxylic acids is 2. The smallest absolute Gasteiger partial charge is 0.310 e. The van der Waals surface area contributed by atoms with Crippen molar-refractivity contribution in [2.24, 2.45) is 5.92 Å². The number of hydrogen-bond acceptors (Lipinski definition) is 3. The van der Waals surface area contributed by atoms with Gasteiger partial charge in [0.05, 0.1) is 13.0 Å². The van der Waals surface area contributed by atoms with Crippen LogP contribution in [-0.4, -0.2) is 37.0 Å². The lowest BCUT2D eigenvalue weighted by Crippen LogP contribution is -2.38. The zero-order valence-corrected chi connectivity index (χ0v) is 18.1. The molecule has 0 N–H and O–H groups in total. The third-order valence-corrected chi connectivity index (χ3v) is 5.47. The van der Waals surface area contributed by atoms with Gasteiger partial charge in [-0.25, -0.2) is 0 Å². The highest BCUT2D eigenvalue weighted by Crippen LogP contribution is 2.24. The van der Waals surface area contributed by atoms with Gasteiger partial charge >= 0.3 is 5.97 Å². The zero-order valence-electron chi connectivity index (χ0n) is 18.1. The van der Waals surface area contributed by atoms with Gasteiger partial charge in [0.15, 0.2) is 0 Å². The Morgan fingerprint density at radius 2 is 1.82 bits per heavy atom.